The molecule has 1 saturated heterocycles. The molecule has 1 aromatic heterocycles. The van der Waals surface area contributed by atoms with Crippen molar-refractivity contribution >= 4 is 34.5 Å². The summed E-state index contributed by atoms with van der Waals surface area (Å²) in [5.41, 5.74) is 2.20. The largest absolute Gasteiger partial charge is 0.444 e. The molecule has 0 saturated carbocycles. The van der Waals surface area contributed by atoms with E-state index in [1.165, 1.54) is 0 Å². The van der Waals surface area contributed by atoms with Crippen molar-refractivity contribution in [3.8, 4) is 11.4 Å². The number of ether oxygens (including phenoxy) is 1. The average Bonchev–Trinajstić information content (AvgIpc) is 3.20. The van der Waals surface area contributed by atoms with Crippen molar-refractivity contribution in [1.29, 1.82) is 0 Å². The van der Waals surface area contributed by atoms with E-state index in [9.17, 15) is 9.00 Å². The second-order valence-corrected chi connectivity index (χ2v) is 10.9. The van der Waals surface area contributed by atoms with E-state index < -0.39 is 22.7 Å². The summed E-state index contributed by atoms with van der Waals surface area (Å²) in [4.78, 5) is 23.6. The van der Waals surface area contributed by atoms with Crippen molar-refractivity contribution in [2.24, 2.45) is 5.92 Å². The Hall–Kier alpha value is -2.23. The minimum absolute atomic E-state index is 0.273. The van der Waals surface area contributed by atoms with Crippen LogP contribution < -0.4 is 14.9 Å². The first-order chi connectivity index (χ1) is 15.5. The highest BCUT2D eigenvalue weighted by atomic mass is 35.5. The quantitative estimate of drug-likeness (QED) is 0.608. The molecule has 2 heterocycles. The maximum Gasteiger partial charge on any atom is 0.407 e. The van der Waals surface area contributed by atoms with Gasteiger partial charge in [-0.15, -0.1) is 0 Å². The van der Waals surface area contributed by atoms with E-state index in [0.29, 0.717) is 23.9 Å². The van der Waals surface area contributed by atoms with Gasteiger partial charge in [-0.2, -0.15) is 0 Å². The molecule has 2 aromatic rings. The standard InChI is InChI=1S/C23H32ClN5O3S/c1-15-10-17(6-7-19(15)24)20-25-12-18(13-27-33(5)31)21(28-20)29-9-8-16(14-29)11-26-22(30)32-23(2,3)4/h6-7,10,12,16,27H,8-9,11,13-14H2,1-5H3,(H,26,30). The van der Waals surface area contributed by atoms with Crippen LogP contribution in [-0.2, 0) is 22.3 Å². The Kier molecular flexibility index (Phi) is 8.31. The fraction of sp³-hybridized carbons (Fsp3) is 0.522. The van der Waals surface area contributed by atoms with Gasteiger partial charge in [0, 0.05) is 54.8 Å². The third kappa shape index (κ3) is 7.38. The van der Waals surface area contributed by atoms with Gasteiger partial charge in [-0.3, -0.25) is 0 Å². The van der Waals surface area contributed by atoms with Crippen LogP contribution in [0.4, 0.5) is 10.6 Å². The number of aromatic nitrogens is 2. The Bertz CT molecular complexity index is 1030. The normalized spacial score (nSPS) is 17.2. The van der Waals surface area contributed by atoms with E-state index in [0.717, 1.165) is 42.0 Å². The third-order valence-corrected chi connectivity index (χ3v) is 6.22. The zero-order valence-electron chi connectivity index (χ0n) is 19.8. The monoisotopic (exact) mass is 493 g/mol. The number of alkyl carbamates (subject to hydrolysis) is 1. The van der Waals surface area contributed by atoms with Crippen molar-refractivity contribution in [3.63, 3.8) is 0 Å². The molecule has 1 aromatic carbocycles. The van der Waals surface area contributed by atoms with Gasteiger partial charge in [0.25, 0.3) is 0 Å². The number of halogens is 1. The maximum absolute atomic E-state index is 12.0. The molecule has 2 N–H and O–H groups in total. The molecule has 0 bridgehead atoms. The van der Waals surface area contributed by atoms with E-state index in [1.807, 2.05) is 45.9 Å². The Morgan fingerprint density at radius 2 is 2.12 bits per heavy atom. The number of hydrogen-bond acceptors (Lipinski definition) is 6. The second-order valence-electron chi connectivity index (χ2n) is 9.27. The van der Waals surface area contributed by atoms with Gasteiger partial charge < -0.3 is 15.0 Å². The van der Waals surface area contributed by atoms with Gasteiger partial charge in [0.05, 0.1) is 11.0 Å². The Labute approximate surface area is 203 Å². The van der Waals surface area contributed by atoms with Crippen LogP contribution in [0.2, 0.25) is 5.02 Å². The highest BCUT2D eigenvalue weighted by Gasteiger charge is 2.27. The van der Waals surface area contributed by atoms with E-state index >= 15 is 0 Å². The Balaban J connectivity index is 1.77. The average molecular weight is 494 g/mol. The minimum Gasteiger partial charge on any atom is -0.444 e. The Morgan fingerprint density at radius 3 is 2.79 bits per heavy atom. The van der Waals surface area contributed by atoms with Crippen LogP contribution in [0.5, 0.6) is 0 Å². The zero-order chi connectivity index (χ0) is 24.2. The van der Waals surface area contributed by atoms with Gasteiger partial charge in [-0.25, -0.2) is 23.7 Å². The van der Waals surface area contributed by atoms with E-state index in [4.69, 9.17) is 21.3 Å². The molecule has 3 rings (SSSR count). The van der Waals surface area contributed by atoms with E-state index in [1.54, 1.807) is 12.5 Å². The zero-order valence-corrected chi connectivity index (χ0v) is 21.3. The lowest BCUT2D eigenvalue weighted by Crippen LogP contribution is -2.36. The van der Waals surface area contributed by atoms with Crippen LogP contribution in [0.25, 0.3) is 11.4 Å². The molecular formula is C23H32ClN5O3S. The van der Waals surface area contributed by atoms with Crippen LogP contribution in [0.1, 0.15) is 38.3 Å². The number of amides is 1. The molecule has 1 aliphatic rings. The van der Waals surface area contributed by atoms with Crippen molar-refractivity contribution in [1.82, 2.24) is 20.0 Å². The number of carbonyl (C=O) groups excluding carboxylic acids is 1. The number of aryl methyl sites for hydroxylation is 1. The van der Waals surface area contributed by atoms with Crippen LogP contribution in [0.15, 0.2) is 24.4 Å². The predicted molar refractivity (Wildman–Crippen MR) is 133 cm³/mol. The molecule has 2 unspecified atom stereocenters. The highest BCUT2D eigenvalue weighted by Crippen LogP contribution is 2.29. The molecule has 2 atom stereocenters. The van der Waals surface area contributed by atoms with Crippen molar-refractivity contribution in [2.45, 2.75) is 46.3 Å². The van der Waals surface area contributed by atoms with Gasteiger partial charge in [0.1, 0.15) is 11.4 Å². The fourth-order valence-corrected chi connectivity index (χ4v) is 4.11. The maximum atomic E-state index is 12.0. The summed E-state index contributed by atoms with van der Waals surface area (Å²) in [5, 5.41) is 3.57. The van der Waals surface area contributed by atoms with Crippen LogP contribution >= 0.6 is 11.6 Å². The van der Waals surface area contributed by atoms with E-state index in [-0.39, 0.29) is 5.92 Å². The minimum atomic E-state index is -1.15. The molecular weight excluding hydrogens is 462 g/mol. The van der Waals surface area contributed by atoms with E-state index in [2.05, 4.69) is 19.9 Å². The molecule has 33 heavy (non-hydrogen) atoms. The number of nitrogens with one attached hydrogen (secondary N) is 2. The number of rotatable bonds is 7. The number of nitrogens with zero attached hydrogens (tertiary/aromatic N) is 3. The SMILES string of the molecule is Cc1cc(-c2ncc(CNS(C)=O)c(N3CCC(CNC(=O)OC(C)(C)C)C3)n2)ccc1Cl. The summed E-state index contributed by atoms with van der Waals surface area (Å²) in [5.74, 6) is 1.70. The Morgan fingerprint density at radius 1 is 1.36 bits per heavy atom. The van der Waals surface area contributed by atoms with Gasteiger partial charge in [-0.05, 0) is 63.8 Å². The van der Waals surface area contributed by atoms with Gasteiger partial charge in [0.15, 0.2) is 5.82 Å². The predicted octanol–water partition coefficient (Wildman–Crippen LogP) is 3.84. The van der Waals surface area contributed by atoms with Crippen molar-refractivity contribution < 1.29 is 13.7 Å². The summed E-state index contributed by atoms with van der Waals surface area (Å²) in [6, 6.07) is 5.72. The van der Waals surface area contributed by atoms with Gasteiger partial charge in [-0.1, -0.05) is 11.6 Å². The second kappa shape index (κ2) is 10.8. The molecule has 0 aliphatic carbocycles. The first kappa shape index (κ1) is 25.4. The number of anilines is 1. The van der Waals surface area contributed by atoms with Crippen molar-refractivity contribution in [3.05, 3.63) is 40.5 Å². The fourth-order valence-electron chi connectivity index (χ4n) is 3.63. The van der Waals surface area contributed by atoms with Crippen LogP contribution in [0.3, 0.4) is 0 Å². The topological polar surface area (TPSA) is 96.5 Å². The summed E-state index contributed by atoms with van der Waals surface area (Å²) in [6.45, 7) is 9.96. The summed E-state index contributed by atoms with van der Waals surface area (Å²) in [6.07, 6.45) is 3.90. The van der Waals surface area contributed by atoms with Gasteiger partial charge in [0.2, 0.25) is 0 Å². The molecule has 0 radical (unpaired) electrons. The number of benzene rings is 1. The highest BCUT2D eigenvalue weighted by molar-refractivity contribution is 7.82. The first-order valence-corrected chi connectivity index (χ1v) is 12.9. The molecule has 1 amide bonds. The summed E-state index contributed by atoms with van der Waals surface area (Å²) >= 11 is 6.18. The van der Waals surface area contributed by atoms with Crippen LogP contribution in [0, 0.1) is 12.8 Å². The number of carbonyl (C=O) groups is 1. The molecule has 1 fully saturated rings. The van der Waals surface area contributed by atoms with Crippen molar-refractivity contribution in [2.75, 3.05) is 30.8 Å². The molecule has 1 aliphatic heterocycles. The lowest BCUT2D eigenvalue weighted by Gasteiger charge is -2.22. The molecule has 10 heteroatoms. The molecule has 8 nitrogen and oxygen atoms in total. The lowest BCUT2D eigenvalue weighted by atomic mass is 10.1. The van der Waals surface area contributed by atoms with Gasteiger partial charge >= 0.3 is 6.09 Å². The number of hydrogen-bond donors (Lipinski definition) is 2. The molecule has 0 spiro atoms. The summed E-state index contributed by atoms with van der Waals surface area (Å²) < 4.78 is 19.9. The lowest BCUT2D eigenvalue weighted by molar-refractivity contribution is 0.0520. The molecule has 180 valence electrons. The smallest absolute Gasteiger partial charge is 0.407 e. The van der Waals surface area contributed by atoms with Crippen LogP contribution in [-0.4, -0.2) is 51.8 Å². The summed E-state index contributed by atoms with van der Waals surface area (Å²) in [7, 11) is -1.15. The third-order valence-electron chi connectivity index (χ3n) is 5.24. The first-order valence-electron chi connectivity index (χ1n) is 10.9.